The number of sulfonamides is 1. The van der Waals surface area contributed by atoms with Gasteiger partial charge in [-0.2, -0.15) is 4.31 Å². The average molecular weight is 744 g/mol. The quantitative estimate of drug-likeness (QED) is 0.120. The predicted molar refractivity (Wildman–Crippen MR) is 199 cm³/mol. The van der Waals surface area contributed by atoms with Crippen molar-refractivity contribution in [2.24, 2.45) is 0 Å². The molecule has 4 aromatic rings. The first-order valence-corrected chi connectivity index (χ1v) is 19.7. The van der Waals surface area contributed by atoms with Crippen molar-refractivity contribution >= 4 is 55.8 Å². The normalized spacial score (nSPS) is 14.7. The number of carbonyl (C=O) groups is 4. The number of hydrogen-bond acceptors (Lipinski definition) is 8. The number of likely N-dealkylation sites (N-methyl/N-ethyl adjacent to an activating group) is 1. The second-order valence-corrected chi connectivity index (χ2v) is 15.9. The molecular weight excluding hydrogens is 703 g/mol. The lowest BCUT2D eigenvalue weighted by Gasteiger charge is -2.28. The van der Waals surface area contributed by atoms with Crippen molar-refractivity contribution < 1.29 is 37.4 Å². The van der Waals surface area contributed by atoms with Gasteiger partial charge in [0, 0.05) is 22.7 Å². The smallest absolute Gasteiger partial charge is 0.335 e. The van der Waals surface area contributed by atoms with Gasteiger partial charge in [-0.25, -0.2) is 13.2 Å². The molecule has 0 bridgehead atoms. The molecule has 0 spiro atoms. The van der Waals surface area contributed by atoms with Crippen LogP contribution >= 0.6 is 11.3 Å². The third kappa shape index (κ3) is 7.67. The van der Waals surface area contributed by atoms with E-state index in [9.17, 15) is 27.6 Å². The standard InChI is InChI=1S/C39H41N3O8S2/c1-3-42(39(22-23-39)38(47)50-4-2)52(48,49)30-9-7-8-28(24-30)34(43)41-36-33(31-10-5-6-11-32(31)51-36)35(44)40-29-20-16-26(17-21-29)13-12-25-14-18-27(19-15-25)37(45)46/h7-9,14-21,24H,3-6,10-13,22-23H2,1-2H3,(H,40,44)(H,41,43)(H,45,46). The van der Waals surface area contributed by atoms with Crippen LogP contribution in [0.25, 0.3) is 0 Å². The van der Waals surface area contributed by atoms with Crippen molar-refractivity contribution in [2.75, 3.05) is 23.8 Å². The molecule has 6 rings (SSSR count). The maximum atomic E-state index is 13.8. The molecule has 52 heavy (non-hydrogen) atoms. The van der Waals surface area contributed by atoms with Crippen LogP contribution in [0.4, 0.5) is 10.7 Å². The number of hydrogen-bond donors (Lipinski definition) is 3. The maximum Gasteiger partial charge on any atom is 0.335 e. The second-order valence-electron chi connectivity index (χ2n) is 13.0. The van der Waals surface area contributed by atoms with E-state index in [1.54, 1.807) is 26.0 Å². The van der Waals surface area contributed by atoms with Crippen LogP contribution in [0.5, 0.6) is 0 Å². The van der Waals surface area contributed by atoms with E-state index in [0.29, 0.717) is 35.5 Å². The second kappa shape index (κ2) is 15.4. The first-order valence-electron chi connectivity index (χ1n) is 17.5. The number of carboxylic acid groups (broad SMARTS) is 1. The number of aromatic carboxylic acids is 1. The van der Waals surface area contributed by atoms with E-state index in [0.717, 1.165) is 53.7 Å². The number of nitrogens with zero attached hydrogens (tertiary/aromatic N) is 1. The van der Waals surface area contributed by atoms with Crippen LogP contribution in [0.2, 0.25) is 0 Å². The summed E-state index contributed by atoms with van der Waals surface area (Å²) >= 11 is 1.37. The van der Waals surface area contributed by atoms with Crippen LogP contribution in [0.1, 0.15) is 92.2 Å². The number of thiophene rings is 1. The van der Waals surface area contributed by atoms with Gasteiger partial charge >= 0.3 is 11.9 Å². The zero-order valence-corrected chi connectivity index (χ0v) is 30.7. The zero-order chi connectivity index (χ0) is 37.0. The number of rotatable bonds is 14. The highest BCUT2D eigenvalue weighted by Gasteiger charge is 2.59. The van der Waals surface area contributed by atoms with E-state index >= 15 is 0 Å². The molecule has 0 unspecified atom stereocenters. The van der Waals surface area contributed by atoms with Gasteiger partial charge in [-0.05, 0) is 117 Å². The number of fused-ring (bicyclic) bond motifs is 1. The fourth-order valence-electron chi connectivity index (χ4n) is 6.69. The Bertz CT molecular complexity index is 2100. The highest BCUT2D eigenvalue weighted by Crippen LogP contribution is 2.46. The van der Waals surface area contributed by atoms with E-state index in [1.165, 1.54) is 39.9 Å². The number of carboxylic acids is 1. The van der Waals surface area contributed by atoms with Crippen LogP contribution < -0.4 is 10.6 Å². The molecule has 1 aromatic heterocycles. The molecule has 0 saturated heterocycles. The van der Waals surface area contributed by atoms with Gasteiger partial charge in [-0.1, -0.05) is 37.3 Å². The SMILES string of the molecule is CCOC(=O)C1(N(CC)S(=O)(=O)c2cccc(C(=O)Nc3sc4c(c3C(=O)Nc3ccc(CCc5ccc(C(=O)O)cc5)cc3)CCCC4)c2)CC1. The van der Waals surface area contributed by atoms with Crippen molar-refractivity contribution in [3.05, 3.63) is 111 Å². The van der Waals surface area contributed by atoms with Gasteiger partial charge in [0.2, 0.25) is 10.0 Å². The number of ether oxygens (including phenoxy) is 1. The first kappa shape index (κ1) is 36.9. The Labute approximate surface area is 307 Å². The van der Waals surface area contributed by atoms with Crippen LogP contribution in [-0.2, 0) is 45.2 Å². The van der Waals surface area contributed by atoms with Crippen molar-refractivity contribution in [3.63, 3.8) is 0 Å². The number of carbonyl (C=O) groups excluding carboxylic acids is 3. The molecule has 272 valence electrons. The molecule has 2 aliphatic rings. The number of benzene rings is 3. The average Bonchev–Trinajstić information content (AvgIpc) is 3.85. The van der Waals surface area contributed by atoms with Crippen LogP contribution in [0, 0.1) is 0 Å². The fourth-order valence-corrected chi connectivity index (χ4v) is 9.81. The lowest BCUT2D eigenvalue weighted by molar-refractivity contribution is -0.149. The number of amides is 2. The molecule has 1 saturated carbocycles. The molecule has 0 aliphatic heterocycles. The van der Waals surface area contributed by atoms with Gasteiger partial charge in [-0.3, -0.25) is 14.4 Å². The van der Waals surface area contributed by atoms with Crippen molar-refractivity contribution in [3.8, 4) is 0 Å². The molecule has 0 radical (unpaired) electrons. The highest BCUT2D eigenvalue weighted by atomic mass is 32.2. The van der Waals surface area contributed by atoms with E-state index < -0.39 is 33.4 Å². The number of esters is 1. The third-order valence-electron chi connectivity index (χ3n) is 9.57. The Morgan fingerprint density at radius 1 is 0.846 bits per heavy atom. The zero-order valence-electron chi connectivity index (χ0n) is 29.1. The molecule has 3 N–H and O–H groups in total. The summed E-state index contributed by atoms with van der Waals surface area (Å²) in [5.41, 5.74) is 3.12. The molecule has 1 heterocycles. The molecule has 1 fully saturated rings. The van der Waals surface area contributed by atoms with E-state index in [1.807, 2.05) is 36.4 Å². The summed E-state index contributed by atoms with van der Waals surface area (Å²) in [6.07, 6.45) is 5.61. The monoisotopic (exact) mass is 743 g/mol. The van der Waals surface area contributed by atoms with Gasteiger partial charge in [-0.15, -0.1) is 11.3 Å². The van der Waals surface area contributed by atoms with Crippen LogP contribution in [-0.4, -0.2) is 60.3 Å². The van der Waals surface area contributed by atoms with E-state index in [-0.39, 0.29) is 35.1 Å². The summed E-state index contributed by atoms with van der Waals surface area (Å²) < 4.78 is 34.0. The van der Waals surface area contributed by atoms with Crippen LogP contribution in [0.3, 0.4) is 0 Å². The van der Waals surface area contributed by atoms with E-state index in [2.05, 4.69) is 10.6 Å². The molecule has 3 aromatic carbocycles. The number of nitrogens with one attached hydrogen (secondary N) is 2. The molecule has 2 amide bonds. The minimum absolute atomic E-state index is 0.0596. The summed E-state index contributed by atoms with van der Waals surface area (Å²) in [5.74, 6) is -2.43. The molecule has 13 heteroatoms. The summed E-state index contributed by atoms with van der Waals surface area (Å²) in [7, 11) is -4.15. The minimum atomic E-state index is -4.15. The minimum Gasteiger partial charge on any atom is -0.478 e. The summed E-state index contributed by atoms with van der Waals surface area (Å²) in [5, 5.41) is 15.4. The Kier molecular flexibility index (Phi) is 10.9. The number of aryl methyl sites for hydroxylation is 3. The lowest BCUT2D eigenvalue weighted by atomic mass is 9.95. The van der Waals surface area contributed by atoms with Gasteiger partial charge in [0.15, 0.2) is 0 Å². The summed E-state index contributed by atoms with van der Waals surface area (Å²) in [4.78, 5) is 52.3. The van der Waals surface area contributed by atoms with Gasteiger partial charge < -0.3 is 20.5 Å². The highest BCUT2D eigenvalue weighted by molar-refractivity contribution is 7.89. The Hall–Kier alpha value is -4.85. The van der Waals surface area contributed by atoms with E-state index in [4.69, 9.17) is 9.84 Å². The number of anilines is 2. The predicted octanol–water partition coefficient (Wildman–Crippen LogP) is 6.72. The van der Waals surface area contributed by atoms with Gasteiger partial charge in [0.25, 0.3) is 11.8 Å². The summed E-state index contributed by atoms with van der Waals surface area (Å²) in [6, 6.07) is 20.1. The Morgan fingerprint density at radius 2 is 1.50 bits per heavy atom. The van der Waals surface area contributed by atoms with Crippen LogP contribution in [0.15, 0.2) is 77.7 Å². The molecule has 2 aliphatic carbocycles. The molecule has 0 atom stereocenters. The first-order chi connectivity index (χ1) is 25.0. The van der Waals surface area contributed by atoms with Gasteiger partial charge in [0.1, 0.15) is 10.5 Å². The fraction of sp³-hybridized carbons (Fsp3) is 0.333. The topological polar surface area (TPSA) is 159 Å². The van der Waals surface area contributed by atoms with Crippen molar-refractivity contribution in [1.29, 1.82) is 0 Å². The molecule has 11 nitrogen and oxygen atoms in total. The van der Waals surface area contributed by atoms with Gasteiger partial charge in [0.05, 0.1) is 22.6 Å². The lowest BCUT2D eigenvalue weighted by Crippen LogP contribution is -2.47. The Balaban J connectivity index is 1.17. The third-order valence-corrected chi connectivity index (χ3v) is 12.8. The van der Waals surface area contributed by atoms with Crippen molar-refractivity contribution in [2.45, 2.75) is 75.6 Å². The molecular formula is C39H41N3O8S2. The Morgan fingerprint density at radius 3 is 2.12 bits per heavy atom. The maximum absolute atomic E-state index is 13.8. The van der Waals surface area contributed by atoms with Crippen molar-refractivity contribution in [1.82, 2.24) is 4.31 Å². The summed E-state index contributed by atoms with van der Waals surface area (Å²) in [6.45, 7) is 3.54. The largest absolute Gasteiger partial charge is 0.478 e.